The summed E-state index contributed by atoms with van der Waals surface area (Å²) in [6.45, 7) is 0. The number of nitrogens with zero attached hydrogens (tertiary/aromatic N) is 2. The van der Waals surface area contributed by atoms with Crippen molar-refractivity contribution in [1.29, 1.82) is 0 Å². The summed E-state index contributed by atoms with van der Waals surface area (Å²) in [5, 5.41) is 4.58. The summed E-state index contributed by atoms with van der Waals surface area (Å²) >= 11 is 0. The van der Waals surface area contributed by atoms with Gasteiger partial charge >= 0.3 is 0 Å². The van der Waals surface area contributed by atoms with E-state index in [0.717, 1.165) is 35.1 Å². The Morgan fingerprint density at radius 3 is 2.27 bits per heavy atom. The molecule has 1 fully saturated rings. The molecule has 0 unspecified atom stereocenters. The summed E-state index contributed by atoms with van der Waals surface area (Å²) in [6, 6.07) is 18.6. The monoisotopic (exact) mass is 347 g/mol. The van der Waals surface area contributed by atoms with Gasteiger partial charge in [0.25, 0.3) is 5.56 Å². The third-order valence-electron chi connectivity index (χ3n) is 5.30. The number of benzene rings is 2. The molecule has 0 amide bonds. The largest absolute Gasteiger partial charge is 0.378 e. The standard InChI is InChI=1S/C22H25N3O/c1-24(2)19-12-10-17(11-13-19)23-18-9-7-16-8-14-22(26)25(21(16)15-18)20-5-3-4-6-20/h7-15,20,23H,3-6H2,1-2H3. The Morgan fingerprint density at radius 2 is 1.58 bits per heavy atom. The maximum Gasteiger partial charge on any atom is 0.251 e. The van der Waals surface area contributed by atoms with Crippen molar-refractivity contribution < 1.29 is 0 Å². The maximum atomic E-state index is 12.5. The molecule has 4 heteroatoms. The molecule has 4 rings (SSSR count). The molecule has 0 aliphatic heterocycles. The highest BCUT2D eigenvalue weighted by molar-refractivity contribution is 5.84. The molecular weight excluding hydrogens is 322 g/mol. The second-order valence-corrected chi connectivity index (χ2v) is 7.32. The van der Waals surface area contributed by atoms with Crippen LogP contribution >= 0.6 is 0 Å². The van der Waals surface area contributed by atoms with Crippen LogP contribution in [0.1, 0.15) is 31.7 Å². The number of hydrogen-bond acceptors (Lipinski definition) is 3. The van der Waals surface area contributed by atoms with E-state index in [1.54, 1.807) is 6.07 Å². The van der Waals surface area contributed by atoms with E-state index in [1.807, 2.05) is 24.7 Å². The van der Waals surface area contributed by atoms with Crippen LogP contribution in [0.4, 0.5) is 17.1 Å². The summed E-state index contributed by atoms with van der Waals surface area (Å²) in [5.74, 6) is 0. The van der Waals surface area contributed by atoms with E-state index in [0.29, 0.717) is 6.04 Å². The first-order valence-corrected chi connectivity index (χ1v) is 9.31. The number of hydrogen-bond donors (Lipinski definition) is 1. The zero-order valence-electron chi connectivity index (χ0n) is 15.4. The molecule has 4 nitrogen and oxygen atoms in total. The number of nitrogens with one attached hydrogen (secondary N) is 1. The Bertz CT molecular complexity index is 967. The minimum absolute atomic E-state index is 0.108. The Kier molecular flexibility index (Phi) is 4.41. The Hall–Kier alpha value is -2.75. The van der Waals surface area contributed by atoms with Crippen molar-refractivity contribution in [2.45, 2.75) is 31.7 Å². The van der Waals surface area contributed by atoms with Crippen LogP contribution in [0.3, 0.4) is 0 Å². The van der Waals surface area contributed by atoms with E-state index in [1.165, 1.54) is 18.5 Å². The third kappa shape index (κ3) is 3.19. The summed E-state index contributed by atoms with van der Waals surface area (Å²) < 4.78 is 2.00. The van der Waals surface area contributed by atoms with Gasteiger partial charge in [0.2, 0.25) is 0 Å². The SMILES string of the molecule is CN(C)c1ccc(Nc2ccc3ccc(=O)n(C4CCCC4)c3c2)cc1. The molecule has 0 saturated heterocycles. The van der Waals surface area contributed by atoms with E-state index in [2.05, 4.69) is 52.7 Å². The van der Waals surface area contributed by atoms with Crippen molar-refractivity contribution in [2.75, 3.05) is 24.3 Å². The Balaban J connectivity index is 1.70. The van der Waals surface area contributed by atoms with Gasteiger partial charge in [-0.05, 0) is 60.7 Å². The molecule has 0 radical (unpaired) electrons. The zero-order valence-corrected chi connectivity index (χ0v) is 15.4. The van der Waals surface area contributed by atoms with E-state index in [-0.39, 0.29) is 5.56 Å². The maximum absolute atomic E-state index is 12.5. The molecule has 2 aromatic carbocycles. The topological polar surface area (TPSA) is 37.3 Å². The first-order chi connectivity index (χ1) is 12.6. The number of rotatable bonds is 4. The Morgan fingerprint density at radius 1 is 0.923 bits per heavy atom. The molecule has 1 heterocycles. The van der Waals surface area contributed by atoms with Gasteiger partial charge in [-0.15, -0.1) is 0 Å². The van der Waals surface area contributed by atoms with Crippen molar-refractivity contribution in [2.24, 2.45) is 0 Å². The number of fused-ring (bicyclic) bond motifs is 1. The predicted molar refractivity (Wildman–Crippen MR) is 110 cm³/mol. The van der Waals surface area contributed by atoms with Crippen LogP contribution in [0.15, 0.2) is 59.4 Å². The van der Waals surface area contributed by atoms with Gasteiger partial charge < -0.3 is 14.8 Å². The van der Waals surface area contributed by atoms with Crippen LogP contribution in [0.25, 0.3) is 10.9 Å². The fourth-order valence-electron chi connectivity index (χ4n) is 3.88. The van der Waals surface area contributed by atoms with Crippen LogP contribution in [0.5, 0.6) is 0 Å². The van der Waals surface area contributed by atoms with E-state index in [4.69, 9.17) is 0 Å². The van der Waals surface area contributed by atoms with Gasteiger partial charge in [-0.3, -0.25) is 4.79 Å². The molecular formula is C22H25N3O. The molecule has 1 saturated carbocycles. The fraction of sp³-hybridized carbons (Fsp3) is 0.318. The molecule has 1 aromatic heterocycles. The molecule has 0 bridgehead atoms. The van der Waals surface area contributed by atoms with Gasteiger partial charge in [0.05, 0.1) is 5.52 Å². The minimum Gasteiger partial charge on any atom is -0.378 e. The first-order valence-electron chi connectivity index (χ1n) is 9.31. The van der Waals surface area contributed by atoms with Crippen LogP contribution < -0.4 is 15.8 Å². The summed E-state index contributed by atoms with van der Waals surface area (Å²) in [6.07, 6.45) is 4.62. The van der Waals surface area contributed by atoms with Gasteiger partial charge in [-0.2, -0.15) is 0 Å². The van der Waals surface area contributed by atoms with Crippen molar-refractivity contribution in [3.8, 4) is 0 Å². The molecule has 3 aromatic rings. The highest BCUT2D eigenvalue weighted by Crippen LogP contribution is 2.32. The zero-order chi connectivity index (χ0) is 18.1. The summed E-state index contributed by atoms with van der Waals surface area (Å²) in [7, 11) is 4.07. The van der Waals surface area contributed by atoms with E-state index in [9.17, 15) is 4.79 Å². The third-order valence-corrected chi connectivity index (χ3v) is 5.30. The van der Waals surface area contributed by atoms with E-state index >= 15 is 0 Å². The smallest absolute Gasteiger partial charge is 0.251 e. The molecule has 26 heavy (non-hydrogen) atoms. The summed E-state index contributed by atoms with van der Waals surface area (Å²) in [5.41, 5.74) is 4.36. The average Bonchev–Trinajstić information content (AvgIpc) is 3.16. The van der Waals surface area contributed by atoms with Crippen LogP contribution in [0.2, 0.25) is 0 Å². The predicted octanol–water partition coefficient (Wildman–Crippen LogP) is 4.93. The van der Waals surface area contributed by atoms with Crippen molar-refractivity contribution in [3.63, 3.8) is 0 Å². The van der Waals surface area contributed by atoms with Gasteiger partial charge in [0.1, 0.15) is 0 Å². The second kappa shape index (κ2) is 6.87. The molecule has 134 valence electrons. The lowest BCUT2D eigenvalue weighted by Crippen LogP contribution is -2.22. The quantitative estimate of drug-likeness (QED) is 0.727. The van der Waals surface area contributed by atoms with Gasteiger partial charge in [0.15, 0.2) is 0 Å². The fourth-order valence-corrected chi connectivity index (χ4v) is 3.88. The van der Waals surface area contributed by atoms with Crippen molar-refractivity contribution >= 4 is 28.0 Å². The minimum atomic E-state index is 0.108. The Labute approximate surface area is 154 Å². The lowest BCUT2D eigenvalue weighted by atomic mass is 10.1. The van der Waals surface area contributed by atoms with Crippen LogP contribution in [0, 0.1) is 0 Å². The number of anilines is 3. The normalized spacial score (nSPS) is 14.7. The summed E-state index contributed by atoms with van der Waals surface area (Å²) in [4.78, 5) is 14.6. The number of aromatic nitrogens is 1. The molecule has 1 aliphatic rings. The molecule has 0 spiro atoms. The molecule has 1 N–H and O–H groups in total. The van der Waals surface area contributed by atoms with Crippen LogP contribution in [-0.4, -0.2) is 18.7 Å². The molecule has 1 aliphatic carbocycles. The van der Waals surface area contributed by atoms with E-state index < -0.39 is 0 Å². The van der Waals surface area contributed by atoms with Gasteiger partial charge in [-0.1, -0.05) is 18.9 Å². The second-order valence-electron chi connectivity index (χ2n) is 7.32. The lowest BCUT2D eigenvalue weighted by Gasteiger charge is -2.18. The average molecular weight is 347 g/mol. The van der Waals surface area contributed by atoms with Gasteiger partial charge in [0, 0.05) is 43.3 Å². The highest BCUT2D eigenvalue weighted by atomic mass is 16.1. The van der Waals surface area contributed by atoms with Crippen molar-refractivity contribution in [1.82, 2.24) is 4.57 Å². The number of pyridine rings is 1. The van der Waals surface area contributed by atoms with Crippen LogP contribution in [-0.2, 0) is 0 Å². The highest BCUT2D eigenvalue weighted by Gasteiger charge is 2.19. The van der Waals surface area contributed by atoms with Gasteiger partial charge in [-0.25, -0.2) is 0 Å². The molecule has 0 atom stereocenters. The van der Waals surface area contributed by atoms with Crippen molar-refractivity contribution in [3.05, 3.63) is 65.0 Å². The lowest BCUT2D eigenvalue weighted by molar-refractivity contribution is 0.519. The first kappa shape index (κ1) is 16.7.